The Bertz CT molecular complexity index is 537. The fraction of sp³-hybridized carbons (Fsp3) is 0.769. The zero-order valence-corrected chi connectivity index (χ0v) is 13.9. The van der Waals surface area contributed by atoms with Gasteiger partial charge in [0.15, 0.2) is 0 Å². The van der Waals surface area contributed by atoms with Crippen molar-refractivity contribution in [1.29, 1.82) is 0 Å². The minimum absolute atomic E-state index is 0.345. The van der Waals surface area contributed by atoms with Crippen LogP contribution in [0.15, 0.2) is 4.90 Å². The Morgan fingerprint density at radius 2 is 1.90 bits per heavy atom. The van der Waals surface area contributed by atoms with Gasteiger partial charge in [0.25, 0.3) is 0 Å². The Hall–Kier alpha value is -0.920. The second kappa shape index (κ2) is 7.19. The lowest BCUT2D eigenvalue weighted by molar-refractivity contribution is 0.484. The number of hydrogen-bond acceptors (Lipinski definition) is 4. The summed E-state index contributed by atoms with van der Waals surface area (Å²) >= 11 is 0. The number of nitrogens with zero attached hydrogens (tertiary/aromatic N) is 3. The summed E-state index contributed by atoms with van der Waals surface area (Å²) in [7, 11) is -1.84. The molecule has 0 atom stereocenters. The molecular weight excluding hydrogens is 276 g/mol. The maximum atomic E-state index is 12.5. The van der Waals surface area contributed by atoms with Crippen molar-refractivity contribution in [2.24, 2.45) is 0 Å². The predicted octanol–water partition coefficient (Wildman–Crippen LogP) is 1.14. The molecule has 0 unspecified atom stereocenters. The lowest BCUT2D eigenvalue weighted by Crippen LogP contribution is -2.27. The number of hydrogen-bond donors (Lipinski definition) is 1. The Labute approximate surface area is 122 Å². The van der Waals surface area contributed by atoms with E-state index in [-0.39, 0.29) is 0 Å². The standard InChI is InChI=1S/C13H26N4O2S/c1-6-8-14-9-10-17-12(4)13(11(3)15-17)20(18,19)16(5)7-2/h14H,6-10H2,1-5H3. The minimum Gasteiger partial charge on any atom is -0.315 e. The lowest BCUT2D eigenvalue weighted by atomic mass is 10.4. The van der Waals surface area contributed by atoms with Crippen LogP contribution in [-0.4, -0.2) is 49.2 Å². The quantitative estimate of drug-likeness (QED) is 0.731. The van der Waals surface area contributed by atoms with Crippen LogP contribution in [0.1, 0.15) is 31.7 Å². The highest BCUT2D eigenvalue weighted by atomic mass is 32.2. The summed E-state index contributed by atoms with van der Waals surface area (Å²) < 4.78 is 28.0. The monoisotopic (exact) mass is 302 g/mol. The molecule has 0 spiro atoms. The van der Waals surface area contributed by atoms with Crippen molar-refractivity contribution in [1.82, 2.24) is 19.4 Å². The summed E-state index contributed by atoms with van der Waals surface area (Å²) in [6.07, 6.45) is 1.08. The average molecular weight is 302 g/mol. The van der Waals surface area contributed by atoms with Crippen LogP contribution in [0.2, 0.25) is 0 Å². The van der Waals surface area contributed by atoms with Crippen LogP contribution < -0.4 is 5.32 Å². The molecule has 20 heavy (non-hydrogen) atoms. The van der Waals surface area contributed by atoms with E-state index in [0.29, 0.717) is 29.4 Å². The van der Waals surface area contributed by atoms with Crippen LogP contribution in [0.25, 0.3) is 0 Å². The number of aromatic nitrogens is 2. The van der Waals surface area contributed by atoms with E-state index in [4.69, 9.17) is 0 Å². The van der Waals surface area contributed by atoms with Crippen LogP contribution in [0.3, 0.4) is 0 Å². The molecule has 0 aliphatic carbocycles. The van der Waals surface area contributed by atoms with Crippen molar-refractivity contribution in [3.63, 3.8) is 0 Å². The van der Waals surface area contributed by atoms with Crippen LogP contribution in [0, 0.1) is 13.8 Å². The lowest BCUT2D eigenvalue weighted by Gasteiger charge is -2.15. The highest BCUT2D eigenvalue weighted by Gasteiger charge is 2.27. The molecule has 1 N–H and O–H groups in total. The second-order valence-electron chi connectivity index (χ2n) is 4.89. The third-order valence-electron chi connectivity index (χ3n) is 3.36. The molecule has 0 bridgehead atoms. The largest absolute Gasteiger partial charge is 0.315 e. The molecule has 0 amide bonds. The SMILES string of the molecule is CCCNCCn1nc(C)c(S(=O)(=O)N(C)CC)c1C. The van der Waals surface area contributed by atoms with Crippen molar-refractivity contribution in [3.05, 3.63) is 11.4 Å². The van der Waals surface area contributed by atoms with E-state index in [9.17, 15) is 8.42 Å². The van der Waals surface area contributed by atoms with Gasteiger partial charge in [0.2, 0.25) is 10.0 Å². The van der Waals surface area contributed by atoms with Gasteiger partial charge in [-0.1, -0.05) is 13.8 Å². The summed E-state index contributed by atoms with van der Waals surface area (Å²) in [6, 6.07) is 0. The van der Waals surface area contributed by atoms with Gasteiger partial charge in [0, 0.05) is 20.1 Å². The summed E-state index contributed by atoms with van der Waals surface area (Å²) in [4.78, 5) is 0.345. The van der Waals surface area contributed by atoms with E-state index in [0.717, 1.165) is 19.5 Å². The van der Waals surface area contributed by atoms with Gasteiger partial charge >= 0.3 is 0 Å². The van der Waals surface area contributed by atoms with Gasteiger partial charge in [-0.25, -0.2) is 12.7 Å². The summed E-state index contributed by atoms with van der Waals surface area (Å²) in [5.74, 6) is 0. The maximum absolute atomic E-state index is 12.5. The third-order valence-corrected chi connectivity index (χ3v) is 5.54. The van der Waals surface area contributed by atoms with Gasteiger partial charge in [-0.3, -0.25) is 4.68 Å². The van der Waals surface area contributed by atoms with E-state index in [2.05, 4.69) is 17.3 Å². The van der Waals surface area contributed by atoms with Gasteiger partial charge in [0.1, 0.15) is 4.90 Å². The third kappa shape index (κ3) is 3.59. The molecule has 6 nitrogen and oxygen atoms in total. The molecule has 0 fully saturated rings. The minimum atomic E-state index is -3.44. The smallest absolute Gasteiger partial charge is 0.246 e. The maximum Gasteiger partial charge on any atom is 0.246 e. The second-order valence-corrected chi connectivity index (χ2v) is 6.87. The molecule has 1 aromatic heterocycles. The Kier molecular flexibility index (Phi) is 6.16. The predicted molar refractivity (Wildman–Crippen MR) is 80.4 cm³/mol. The number of nitrogens with one attached hydrogen (secondary N) is 1. The molecule has 1 aromatic rings. The molecular formula is C13H26N4O2S. The zero-order valence-electron chi connectivity index (χ0n) is 13.1. The van der Waals surface area contributed by atoms with Gasteiger partial charge < -0.3 is 5.32 Å². The van der Waals surface area contributed by atoms with E-state index >= 15 is 0 Å². The molecule has 0 saturated carbocycles. The zero-order chi connectivity index (χ0) is 15.3. The Balaban J connectivity index is 2.98. The van der Waals surface area contributed by atoms with Crippen molar-refractivity contribution in [2.45, 2.75) is 45.6 Å². The molecule has 1 heterocycles. The highest BCUT2D eigenvalue weighted by Crippen LogP contribution is 2.22. The van der Waals surface area contributed by atoms with Crippen molar-refractivity contribution in [3.8, 4) is 0 Å². The number of aryl methyl sites for hydroxylation is 1. The van der Waals surface area contributed by atoms with Crippen molar-refractivity contribution < 1.29 is 8.42 Å². The molecule has 0 aliphatic rings. The van der Waals surface area contributed by atoms with E-state index in [1.165, 1.54) is 4.31 Å². The van der Waals surface area contributed by atoms with Gasteiger partial charge in [0.05, 0.1) is 17.9 Å². The normalized spacial score (nSPS) is 12.3. The average Bonchev–Trinajstić information content (AvgIpc) is 2.69. The van der Waals surface area contributed by atoms with Gasteiger partial charge in [-0.15, -0.1) is 0 Å². The van der Waals surface area contributed by atoms with Gasteiger partial charge in [-0.05, 0) is 26.8 Å². The highest BCUT2D eigenvalue weighted by molar-refractivity contribution is 7.89. The van der Waals surface area contributed by atoms with Gasteiger partial charge in [-0.2, -0.15) is 5.10 Å². The first-order chi connectivity index (χ1) is 9.36. The first-order valence-corrected chi connectivity index (χ1v) is 8.51. The molecule has 1 rings (SSSR count). The van der Waals surface area contributed by atoms with E-state index < -0.39 is 10.0 Å². The molecule has 0 saturated heterocycles. The summed E-state index contributed by atoms with van der Waals surface area (Å²) in [5, 5.41) is 7.65. The van der Waals surface area contributed by atoms with E-state index in [1.54, 1.807) is 18.7 Å². The fourth-order valence-corrected chi connectivity index (χ4v) is 3.63. The Morgan fingerprint density at radius 1 is 1.25 bits per heavy atom. The van der Waals surface area contributed by atoms with E-state index in [1.807, 2.05) is 13.8 Å². The first-order valence-electron chi connectivity index (χ1n) is 7.07. The molecule has 0 aliphatic heterocycles. The Morgan fingerprint density at radius 3 is 2.45 bits per heavy atom. The summed E-state index contributed by atoms with van der Waals surface area (Å²) in [6.45, 7) is 10.4. The summed E-state index contributed by atoms with van der Waals surface area (Å²) in [5.41, 5.74) is 1.28. The molecule has 7 heteroatoms. The van der Waals surface area contributed by atoms with Crippen molar-refractivity contribution in [2.75, 3.05) is 26.7 Å². The topological polar surface area (TPSA) is 67.2 Å². The molecule has 0 radical (unpaired) electrons. The van der Waals surface area contributed by atoms with Crippen molar-refractivity contribution >= 4 is 10.0 Å². The first kappa shape index (κ1) is 17.1. The number of rotatable bonds is 8. The number of sulfonamides is 1. The molecule has 0 aromatic carbocycles. The molecule has 116 valence electrons. The van der Waals surface area contributed by atoms with Crippen LogP contribution >= 0.6 is 0 Å². The fourth-order valence-electron chi connectivity index (χ4n) is 2.08. The van der Waals surface area contributed by atoms with Crippen LogP contribution in [-0.2, 0) is 16.6 Å². The van der Waals surface area contributed by atoms with Crippen LogP contribution in [0.4, 0.5) is 0 Å². The van der Waals surface area contributed by atoms with Crippen LogP contribution in [0.5, 0.6) is 0 Å².